The molecule has 7 heteroatoms. The summed E-state index contributed by atoms with van der Waals surface area (Å²) >= 11 is 0. The van der Waals surface area contributed by atoms with Gasteiger partial charge in [-0.1, -0.05) is 36.3 Å². The van der Waals surface area contributed by atoms with Crippen molar-refractivity contribution >= 4 is 0 Å². The summed E-state index contributed by atoms with van der Waals surface area (Å²) in [5, 5.41) is 14.0. The lowest BCUT2D eigenvalue weighted by molar-refractivity contribution is -0.00435. The molecule has 0 amide bonds. The minimum atomic E-state index is -0.147. The molecular formula is C25H29N3O4. The maximum atomic E-state index is 10.1. The number of hydrogen-bond acceptors (Lipinski definition) is 7. The summed E-state index contributed by atoms with van der Waals surface area (Å²) < 4.78 is 16.9. The number of aliphatic hydroxyl groups excluding tert-OH is 1. The van der Waals surface area contributed by atoms with Gasteiger partial charge in [0.1, 0.15) is 11.5 Å². The SMILES string of the molecule is CCc1nc(COc2ccc(-c3ccccc3OC)cc2CN2C[C@@H]3C[C@H](O)[C@@H]3C2)no1. The zero-order valence-corrected chi connectivity index (χ0v) is 18.5. The maximum Gasteiger partial charge on any atom is 0.226 e. The topological polar surface area (TPSA) is 80.9 Å². The monoisotopic (exact) mass is 435 g/mol. The summed E-state index contributed by atoms with van der Waals surface area (Å²) in [4.78, 5) is 6.76. The molecule has 1 N–H and O–H groups in total. The highest BCUT2D eigenvalue weighted by molar-refractivity contribution is 5.71. The number of methoxy groups -OCH3 is 1. The second-order valence-corrected chi connectivity index (χ2v) is 8.69. The molecule has 3 atom stereocenters. The summed E-state index contributed by atoms with van der Waals surface area (Å²) in [5.41, 5.74) is 3.23. The Morgan fingerprint density at radius 2 is 2.03 bits per heavy atom. The highest BCUT2D eigenvalue weighted by Crippen LogP contribution is 2.42. The van der Waals surface area contributed by atoms with Crippen molar-refractivity contribution in [2.75, 3.05) is 20.2 Å². The molecule has 3 aromatic rings. The fourth-order valence-corrected chi connectivity index (χ4v) is 4.86. The van der Waals surface area contributed by atoms with Gasteiger partial charge in [0.2, 0.25) is 11.7 Å². The largest absolute Gasteiger partial charge is 0.496 e. The van der Waals surface area contributed by atoms with Gasteiger partial charge in [0, 0.05) is 43.1 Å². The molecule has 0 radical (unpaired) electrons. The fourth-order valence-electron chi connectivity index (χ4n) is 4.86. The molecular weight excluding hydrogens is 406 g/mol. The van der Waals surface area contributed by atoms with Crippen molar-refractivity contribution in [2.24, 2.45) is 11.8 Å². The molecule has 1 aliphatic heterocycles. The minimum Gasteiger partial charge on any atom is -0.496 e. The van der Waals surface area contributed by atoms with Crippen molar-refractivity contribution < 1.29 is 19.1 Å². The van der Waals surface area contributed by atoms with Crippen LogP contribution in [0.25, 0.3) is 11.1 Å². The van der Waals surface area contributed by atoms with E-state index in [-0.39, 0.29) is 12.7 Å². The number of nitrogens with zero attached hydrogens (tertiary/aromatic N) is 3. The van der Waals surface area contributed by atoms with E-state index in [1.54, 1.807) is 7.11 Å². The molecule has 5 rings (SSSR count). The number of benzene rings is 2. The van der Waals surface area contributed by atoms with E-state index in [0.717, 1.165) is 54.2 Å². The molecule has 1 saturated heterocycles. The predicted molar refractivity (Wildman–Crippen MR) is 119 cm³/mol. The van der Waals surface area contributed by atoms with Crippen molar-refractivity contribution in [3.8, 4) is 22.6 Å². The van der Waals surface area contributed by atoms with Gasteiger partial charge in [-0.2, -0.15) is 4.98 Å². The second kappa shape index (κ2) is 8.92. The first-order valence-electron chi connectivity index (χ1n) is 11.3. The lowest BCUT2D eigenvalue weighted by Crippen LogP contribution is -2.39. The van der Waals surface area contributed by atoms with Crippen molar-refractivity contribution in [3.05, 3.63) is 59.7 Å². The fraction of sp³-hybridized carbons (Fsp3) is 0.440. The molecule has 1 aromatic heterocycles. The van der Waals surface area contributed by atoms with Gasteiger partial charge in [0.05, 0.1) is 13.2 Å². The molecule has 0 bridgehead atoms. The van der Waals surface area contributed by atoms with Gasteiger partial charge < -0.3 is 19.1 Å². The van der Waals surface area contributed by atoms with Gasteiger partial charge in [0.15, 0.2) is 6.61 Å². The lowest BCUT2D eigenvalue weighted by atomic mass is 9.74. The van der Waals surface area contributed by atoms with Gasteiger partial charge in [-0.25, -0.2) is 0 Å². The van der Waals surface area contributed by atoms with Crippen LogP contribution < -0.4 is 9.47 Å². The molecule has 32 heavy (non-hydrogen) atoms. The molecule has 2 fully saturated rings. The van der Waals surface area contributed by atoms with Gasteiger partial charge in [0.25, 0.3) is 0 Å². The second-order valence-electron chi connectivity index (χ2n) is 8.69. The molecule has 7 nitrogen and oxygen atoms in total. The van der Waals surface area contributed by atoms with Crippen LogP contribution in [-0.4, -0.2) is 46.5 Å². The van der Waals surface area contributed by atoms with Gasteiger partial charge >= 0.3 is 0 Å². The minimum absolute atomic E-state index is 0.147. The summed E-state index contributed by atoms with van der Waals surface area (Å²) in [6, 6.07) is 14.3. The average Bonchev–Trinajstić information content (AvgIpc) is 3.42. The molecule has 2 heterocycles. The van der Waals surface area contributed by atoms with Crippen molar-refractivity contribution in [1.82, 2.24) is 15.0 Å². The van der Waals surface area contributed by atoms with E-state index in [0.29, 0.717) is 30.0 Å². The lowest BCUT2D eigenvalue weighted by Gasteiger charge is -2.35. The number of aromatic nitrogens is 2. The van der Waals surface area contributed by atoms with Crippen LogP contribution in [0.15, 0.2) is 47.0 Å². The van der Waals surface area contributed by atoms with E-state index >= 15 is 0 Å². The maximum absolute atomic E-state index is 10.1. The number of hydrogen-bond donors (Lipinski definition) is 1. The molecule has 1 aliphatic carbocycles. The first kappa shape index (κ1) is 21.0. The molecule has 168 valence electrons. The third-order valence-corrected chi connectivity index (χ3v) is 6.65. The number of aryl methyl sites for hydroxylation is 1. The Kier molecular flexibility index (Phi) is 5.85. The van der Waals surface area contributed by atoms with Crippen LogP contribution in [0.1, 0.15) is 30.6 Å². The zero-order chi connectivity index (χ0) is 22.1. The zero-order valence-electron chi connectivity index (χ0n) is 18.5. The Labute approximate surface area is 188 Å². The number of fused-ring (bicyclic) bond motifs is 1. The summed E-state index contributed by atoms with van der Waals surface area (Å²) in [7, 11) is 1.69. The van der Waals surface area contributed by atoms with Gasteiger partial charge in [-0.3, -0.25) is 4.90 Å². The first-order valence-corrected chi connectivity index (χ1v) is 11.3. The van der Waals surface area contributed by atoms with E-state index in [1.807, 2.05) is 31.2 Å². The summed E-state index contributed by atoms with van der Waals surface area (Å²) in [6.45, 7) is 4.95. The third-order valence-electron chi connectivity index (χ3n) is 6.65. The predicted octanol–water partition coefficient (Wildman–Crippen LogP) is 3.70. The smallest absolute Gasteiger partial charge is 0.226 e. The highest BCUT2D eigenvalue weighted by atomic mass is 16.5. The summed E-state index contributed by atoms with van der Waals surface area (Å²) in [5.74, 6) is 3.83. The van der Waals surface area contributed by atoms with Gasteiger partial charge in [-0.05, 0) is 36.1 Å². The average molecular weight is 436 g/mol. The van der Waals surface area contributed by atoms with Crippen LogP contribution in [0.4, 0.5) is 0 Å². The van der Waals surface area contributed by atoms with Crippen LogP contribution >= 0.6 is 0 Å². The van der Waals surface area contributed by atoms with Crippen molar-refractivity contribution in [3.63, 3.8) is 0 Å². The Bertz CT molecular complexity index is 1080. The van der Waals surface area contributed by atoms with Crippen LogP contribution in [0.2, 0.25) is 0 Å². The molecule has 0 spiro atoms. The number of para-hydroxylation sites is 1. The normalized spacial score (nSPS) is 22.4. The molecule has 2 aromatic carbocycles. The quantitative estimate of drug-likeness (QED) is 0.578. The van der Waals surface area contributed by atoms with E-state index in [1.165, 1.54) is 0 Å². The Morgan fingerprint density at radius 3 is 2.78 bits per heavy atom. The standard InChI is InChI=1S/C25H29N3O4/c1-3-25-26-24(27-32-25)15-31-22-9-8-16(19-6-4-5-7-23(19)30-2)10-18(22)13-28-12-17-11-21(29)20(17)14-28/h4-10,17,20-21,29H,3,11-15H2,1-2H3/t17-,20+,21-/m0/s1. The van der Waals surface area contributed by atoms with E-state index in [2.05, 4.69) is 33.2 Å². The molecule has 1 saturated carbocycles. The van der Waals surface area contributed by atoms with Crippen LogP contribution in [-0.2, 0) is 19.6 Å². The van der Waals surface area contributed by atoms with E-state index < -0.39 is 0 Å². The number of ether oxygens (including phenoxy) is 2. The number of likely N-dealkylation sites (tertiary alicyclic amines) is 1. The number of aliphatic hydroxyl groups is 1. The van der Waals surface area contributed by atoms with Crippen molar-refractivity contribution in [2.45, 2.75) is 39.0 Å². The first-order chi connectivity index (χ1) is 15.6. The highest BCUT2D eigenvalue weighted by Gasteiger charge is 2.46. The van der Waals surface area contributed by atoms with Crippen LogP contribution in [0.3, 0.4) is 0 Å². The number of rotatable bonds is 8. The Balaban J connectivity index is 1.40. The van der Waals surface area contributed by atoms with Crippen molar-refractivity contribution in [1.29, 1.82) is 0 Å². The Morgan fingerprint density at radius 1 is 1.16 bits per heavy atom. The molecule has 0 unspecified atom stereocenters. The Hall–Kier alpha value is -2.90. The van der Waals surface area contributed by atoms with E-state index in [9.17, 15) is 5.11 Å². The van der Waals surface area contributed by atoms with Crippen LogP contribution in [0, 0.1) is 11.8 Å². The molecule has 2 aliphatic rings. The third kappa shape index (κ3) is 4.10. The van der Waals surface area contributed by atoms with E-state index in [4.69, 9.17) is 14.0 Å². The van der Waals surface area contributed by atoms with Gasteiger partial charge in [-0.15, -0.1) is 0 Å². The summed E-state index contributed by atoms with van der Waals surface area (Å²) in [6.07, 6.45) is 1.48. The van der Waals surface area contributed by atoms with Crippen LogP contribution in [0.5, 0.6) is 11.5 Å².